The molecule has 0 aliphatic heterocycles. The summed E-state index contributed by atoms with van der Waals surface area (Å²) < 4.78 is 4.89. The van der Waals surface area contributed by atoms with Crippen molar-refractivity contribution >= 4 is 29.2 Å². The van der Waals surface area contributed by atoms with Gasteiger partial charge < -0.3 is 15.4 Å². The van der Waals surface area contributed by atoms with E-state index in [4.69, 9.17) is 4.74 Å². The number of nitrogens with one attached hydrogen (secondary N) is 2. The van der Waals surface area contributed by atoms with Gasteiger partial charge in [0.05, 0.1) is 12.2 Å². The highest BCUT2D eigenvalue weighted by atomic mass is 16.5. The zero-order chi connectivity index (χ0) is 17.5. The predicted molar refractivity (Wildman–Crippen MR) is 91.5 cm³/mol. The van der Waals surface area contributed by atoms with E-state index >= 15 is 0 Å². The molecule has 6 nitrogen and oxygen atoms in total. The van der Waals surface area contributed by atoms with Gasteiger partial charge in [-0.2, -0.15) is 0 Å². The third-order valence-electron chi connectivity index (χ3n) is 3.18. The number of rotatable bonds is 5. The van der Waals surface area contributed by atoms with Crippen LogP contribution in [0.4, 0.5) is 16.2 Å². The standard InChI is InChI=1S/C18H18N2O4/c1-3-24-17(22)13-7-9-15(10-8-13)19-18(23)20-16-6-4-5-14(11-16)12(2)21/h4-11H,3H2,1-2H3,(H2,19,20,23). The molecule has 0 saturated heterocycles. The predicted octanol–water partition coefficient (Wildman–Crippen LogP) is 3.71. The van der Waals surface area contributed by atoms with Crippen molar-refractivity contribution in [2.45, 2.75) is 13.8 Å². The number of Topliss-reactive ketones (excluding diaryl/α,β-unsaturated/α-hetero) is 1. The lowest BCUT2D eigenvalue weighted by Crippen LogP contribution is -2.19. The zero-order valence-corrected chi connectivity index (χ0v) is 13.5. The molecule has 24 heavy (non-hydrogen) atoms. The fraction of sp³-hybridized carbons (Fsp3) is 0.167. The quantitative estimate of drug-likeness (QED) is 0.648. The summed E-state index contributed by atoms with van der Waals surface area (Å²) in [7, 11) is 0. The van der Waals surface area contributed by atoms with Gasteiger partial charge in [-0.25, -0.2) is 9.59 Å². The van der Waals surface area contributed by atoms with Gasteiger partial charge in [0.2, 0.25) is 0 Å². The average Bonchev–Trinajstić information content (AvgIpc) is 2.55. The lowest BCUT2D eigenvalue weighted by molar-refractivity contribution is 0.0526. The van der Waals surface area contributed by atoms with E-state index in [1.807, 2.05) is 0 Å². The van der Waals surface area contributed by atoms with E-state index in [0.29, 0.717) is 29.1 Å². The van der Waals surface area contributed by atoms with Crippen molar-refractivity contribution in [3.8, 4) is 0 Å². The molecule has 6 heteroatoms. The first-order chi connectivity index (χ1) is 11.5. The zero-order valence-electron chi connectivity index (χ0n) is 13.5. The minimum Gasteiger partial charge on any atom is -0.462 e. The van der Waals surface area contributed by atoms with Gasteiger partial charge in [0.25, 0.3) is 0 Å². The van der Waals surface area contributed by atoms with E-state index in [0.717, 1.165) is 0 Å². The van der Waals surface area contributed by atoms with Crippen LogP contribution in [-0.2, 0) is 4.74 Å². The summed E-state index contributed by atoms with van der Waals surface area (Å²) in [6.07, 6.45) is 0. The number of carbonyl (C=O) groups is 3. The Morgan fingerprint density at radius 1 is 0.917 bits per heavy atom. The highest BCUT2D eigenvalue weighted by molar-refractivity contribution is 6.01. The van der Waals surface area contributed by atoms with Gasteiger partial charge in [-0.15, -0.1) is 0 Å². The SMILES string of the molecule is CCOC(=O)c1ccc(NC(=O)Nc2cccc(C(C)=O)c2)cc1. The Bertz CT molecular complexity index is 754. The lowest BCUT2D eigenvalue weighted by Gasteiger charge is -2.09. The summed E-state index contributed by atoms with van der Waals surface area (Å²) in [6.45, 7) is 3.50. The first-order valence-corrected chi connectivity index (χ1v) is 7.46. The maximum atomic E-state index is 12.0. The summed E-state index contributed by atoms with van der Waals surface area (Å²) in [5, 5.41) is 5.30. The molecule has 0 radical (unpaired) electrons. The molecule has 2 aromatic carbocycles. The van der Waals surface area contributed by atoms with Crippen LogP contribution in [0.1, 0.15) is 34.6 Å². The van der Waals surface area contributed by atoms with Crippen molar-refractivity contribution in [2.24, 2.45) is 0 Å². The Labute approximate surface area is 139 Å². The largest absolute Gasteiger partial charge is 0.462 e. The molecule has 0 aliphatic carbocycles. The first-order valence-electron chi connectivity index (χ1n) is 7.46. The van der Waals surface area contributed by atoms with Gasteiger partial charge in [0.1, 0.15) is 0 Å². The molecular formula is C18H18N2O4. The number of amides is 2. The highest BCUT2D eigenvalue weighted by Gasteiger charge is 2.08. The van der Waals surface area contributed by atoms with Crippen molar-refractivity contribution in [3.05, 3.63) is 59.7 Å². The summed E-state index contributed by atoms with van der Waals surface area (Å²) in [4.78, 5) is 34.9. The number of esters is 1. The minimum absolute atomic E-state index is 0.0754. The van der Waals surface area contributed by atoms with Crippen LogP contribution in [0, 0.1) is 0 Å². The average molecular weight is 326 g/mol. The molecule has 124 valence electrons. The third kappa shape index (κ3) is 4.67. The second-order valence-corrected chi connectivity index (χ2v) is 5.01. The number of ether oxygens (including phenoxy) is 1. The second-order valence-electron chi connectivity index (χ2n) is 5.01. The molecule has 2 N–H and O–H groups in total. The number of benzene rings is 2. The topological polar surface area (TPSA) is 84.5 Å². The van der Waals surface area contributed by atoms with Gasteiger partial charge in [-0.3, -0.25) is 4.79 Å². The number of anilines is 2. The van der Waals surface area contributed by atoms with Gasteiger partial charge in [-0.05, 0) is 50.2 Å². The molecule has 0 heterocycles. The van der Waals surface area contributed by atoms with Crippen molar-refractivity contribution in [2.75, 3.05) is 17.2 Å². The van der Waals surface area contributed by atoms with Crippen LogP contribution in [-0.4, -0.2) is 24.4 Å². The van der Waals surface area contributed by atoms with Gasteiger partial charge in [-0.1, -0.05) is 12.1 Å². The van der Waals surface area contributed by atoms with E-state index in [1.54, 1.807) is 55.5 Å². The van der Waals surface area contributed by atoms with Crippen molar-refractivity contribution in [1.29, 1.82) is 0 Å². The van der Waals surface area contributed by atoms with Crippen LogP contribution in [0.2, 0.25) is 0 Å². The van der Waals surface area contributed by atoms with E-state index in [1.165, 1.54) is 6.92 Å². The van der Waals surface area contributed by atoms with Gasteiger partial charge in [0.15, 0.2) is 5.78 Å². The molecule has 0 fully saturated rings. The lowest BCUT2D eigenvalue weighted by atomic mass is 10.1. The number of urea groups is 1. The molecule has 2 rings (SSSR count). The maximum Gasteiger partial charge on any atom is 0.338 e. The number of hydrogen-bond donors (Lipinski definition) is 2. The summed E-state index contributed by atoms with van der Waals surface area (Å²) >= 11 is 0. The fourth-order valence-corrected chi connectivity index (χ4v) is 2.01. The van der Waals surface area contributed by atoms with Crippen LogP contribution in [0.5, 0.6) is 0 Å². The monoisotopic (exact) mass is 326 g/mol. The van der Waals surface area contributed by atoms with Crippen LogP contribution in [0.15, 0.2) is 48.5 Å². The number of carbonyl (C=O) groups excluding carboxylic acids is 3. The Kier molecular flexibility index (Phi) is 5.68. The molecule has 0 unspecified atom stereocenters. The fourth-order valence-electron chi connectivity index (χ4n) is 2.01. The third-order valence-corrected chi connectivity index (χ3v) is 3.18. The van der Waals surface area contributed by atoms with E-state index in [2.05, 4.69) is 10.6 Å². The highest BCUT2D eigenvalue weighted by Crippen LogP contribution is 2.14. The summed E-state index contributed by atoms with van der Waals surface area (Å²) in [5.74, 6) is -0.483. The van der Waals surface area contributed by atoms with Crippen molar-refractivity contribution < 1.29 is 19.1 Å². The number of hydrogen-bond acceptors (Lipinski definition) is 4. The van der Waals surface area contributed by atoms with Crippen LogP contribution in [0.3, 0.4) is 0 Å². The molecule has 0 atom stereocenters. The molecule has 2 aromatic rings. The van der Waals surface area contributed by atoms with E-state index < -0.39 is 12.0 Å². The molecule has 0 spiro atoms. The minimum atomic E-state index is -0.445. The normalized spacial score (nSPS) is 9.92. The van der Waals surface area contributed by atoms with Crippen molar-refractivity contribution in [1.82, 2.24) is 0 Å². The molecule has 0 aromatic heterocycles. The van der Waals surface area contributed by atoms with Gasteiger partial charge in [0, 0.05) is 16.9 Å². The molecule has 0 bridgehead atoms. The van der Waals surface area contributed by atoms with Gasteiger partial charge >= 0.3 is 12.0 Å². The molecule has 0 saturated carbocycles. The molecular weight excluding hydrogens is 308 g/mol. The maximum absolute atomic E-state index is 12.0. The van der Waals surface area contributed by atoms with Crippen molar-refractivity contribution in [3.63, 3.8) is 0 Å². The summed E-state index contributed by atoms with van der Waals surface area (Å²) in [6, 6.07) is 12.6. The summed E-state index contributed by atoms with van der Waals surface area (Å²) in [5.41, 5.74) is 1.98. The first kappa shape index (κ1) is 17.2. The van der Waals surface area contributed by atoms with E-state index in [9.17, 15) is 14.4 Å². The Morgan fingerprint density at radius 2 is 1.58 bits per heavy atom. The molecule has 2 amide bonds. The Balaban J connectivity index is 1.98. The Hall–Kier alpha value is -3.15. The van der Waals surface area contributed by atoms with Crippen LogP contribution >= 0.6 is 0 Å². The van der Waals surface area contributed by atoms with Crippen LogP contribution in [0.25, 0.3) is 0 Å². The smallest absolute Gasteiger partial charge is 0.338 e. The van der Waals surface area contributed by atoms with Crippen LogP contribution < -0.4 is 10.6 Å². The number of ketones is 1. The molecule has 0 aliphatic rings. The van der Waals surface area contributed by atoms with E-state index in [-0.39, 0.29) is 5.78 Å². The second kappa shape index (κ2) is 7.92. The Morgan fingerprint density at radius 3 is 2.21 bits per heavy atom.